The Balaban J connectivity index is 5.03. The first-order valence-electron chi connectivity index (χ1n) is 7.13. The molecule has 0 aliphatic heterocycles. The van der Waals surface area contributed by atoms with Crippen LogP contribution in [-0.4, -0.2) is 39.9 Å². The molecule has 0 aliphatic carbocycles. The molecule has 0 aliphatic rings. The number of hydrogen-bond acceptors (Lipinski definition) is 4. The SMILES string of the molecule is CC(CCCC(CC(=O)O)(C(=O)O)S(=O)(=O)O)CC(C)(C)C. The van der Waals surface area contributed by atoms with Crippen molar-refractivity contribution in [2.75, 3.05) is 0 Å². The molecule has 8 heteroatoms. The highest BCUT2D eigenvalue weighted by atomic mass is 32.2. The van der Waals surface area contributed by atoms with E-state index < -0.39 is 39.6 Å². The van der Waals surface area contributed by atoms with Crippen molar-refractivity contribution in [3.05, 3.63) is 0 Å². The zero-order chi connectivity index (χ0) is 17.8. The Kier molecular flexibility index (Phi) is 7.02. The van der Waals surface area contributed by atoms with Crippen LogP contribution in [0.15, 0.2) is 0 Å². The van der Waals surface area contributed by atoms with Gasteiger partial charge in [0.2, 0.25) is 4.75 Å². The lowest BCUT2D eigenvalue weighted by Crippen LogP contribution is -2.48. The van der Waals surface area contributed by atoms with Gasteiger partial charge in [0.15, 0.2) is 0 Å². The van der Waals surface area contributed by atoms with Crippen molar-refractivity contribution in [1.29, 1.82) is 0 Å². The maximum absolute atomic E-state index is 11.4. The lowest BCUT2D eigenvalue weighted by Gasteiger charge is -2.26. The van der Waals surface area contributed by atoms with Gasteiger partial charge in [-0.2, -0.15) is 8.42 Å². The number of carboxylic acid groups (broad SMARTS) is 2. The molecule has 0 saturated carbocycles. The summed E-state index contributed by atoms with van der Waals surface area (Å²) in [5, 5.41) is 17.9. The van der Waals surface area contributed by atoms with E-state index in [0.29, 0.717) is 6.42 Å². The fourth-order valence-electron chi connectivity index (χ4n) is 2.73. The standard InChI is InChI=1S/C14H26O7S/c1-10(8-13(2,3)4)6-5-7-14(12(17)18,9-11(15)16)22(19,20)21/h10H,5-9H2,1-4H3,(H,15,16)(H,17,18)(H,19,20,21). The smallest absolute Gasteiger partial charge is 0.328 e. The monoisotopic (exact) mass is 338 g/mol. The van der Waals surface area contributed by atoms with Crippen LogP contribution in [-0.2, 0) is 19.7 Å². The maximum Gasteiger partial charge on any atom is 0.328 e. The predicted molar refractivity (Wildman–Crippen MR) is 81.3 cm³/mol. The molecule has 0 radical (unpaired) electrons. The normalized spacial score (nSPS) is 16.8. The summed E-state index contributed by atoms with van der Waals surface area (Å²) in [5.74, 6) is -3.18. The maximum atomic E-state index is 11.4. The highest BCUT2D eigenvalue weighted by molar-refractivity contribution is 7.88. The average molecular weight is 338 g/mol. The van der Waals surface area contributed by atoms with Gasteiger partial charge in [0.05, 0.1) is 6.42 Å². The molecule has 2 atom stereocenters. The Morgan fingerprint density at radius 3 is 1.95 bits per heavy atom. The summed E-state index contributed by atoms with van der Waals surface area (Å²) in [4.78, 5) is 22.1. The lowest BCUT2D eigenvalue weighted by molar-refractivity contribution is -0.147. The Morgan fingerprint density at radius 1 is 1.14 bits per heavy atom. The van der Waals surface area contributed by atoms with E-state index in [1.807, 2.05) is 6.92 Å². The van der Waals surface area contributed by atoms with Crippen LogP contribution in [0.25, 0.3) is 0 Å². The Morgan fingerprint density at radius 2 is 1.64 bits per heavy atom. The topological polar surface area (TPSA) is 129 Å². The molecule has 22 heavy (non-hydrogen) atoms. The average Bonchev–Trinajstić information content (AvgIpc) is 2.22. The van der Waals surface area contributed by atoms with Gasteiger partial charge in [0.1, 0.15) is 0 Å². The minimum absolute atomic E-state index is 0.0907. The molecule has 0 aromatic heterocycles. The molecular weight excluding hydrogens is 312 g/mol. The summed E-state index contributed by atoms with van der Waals surface area (Å²) < 4.78 is 29.4. The van der Waals surface area contributed by atoms with Crippen LogP contribution in [0.5, 0.6) is 0 Å². The Bertz CT molecular complexity index is 504. The van der Waals surface area contributed by atoms with Crippen molar-refractivity contribution in [3.63, 3.8) is 0 Å². The van der Waals surface area contributed by atoms with Crippen LogP contribution < -0.4 is 0 Å². The fraction of sp³-hybridized carbons (Fsp3) is 0.857. The molecule has 0 fully saturated rings. The van der Waals surface area contributed by atoms with Crippen molar-refractivity contribution in [1.82, 2.24) is 0 Å². The van der Waals surface area contributed by atoms with Gasteiger partial charge in [-0.3, -0.25) is 14.1 Å². The van der Waals surface area contributed by atoms with Crippen molar-refractivity contribution in [3.8, 4) is 0 Å². The fourth-order valence-corrected chi connectivity index (χ4v) is 3.66. The van der Waals surface area contributed by atoms with Crippen LogP contribution in [0.4, 0.5) is 0 Å². The molecule has 2 unspecified atom stereocenters. The van der Waals surface area contributed by atoms with E-state index in [9.17, 15) is 22.6 Å². The molecule has 130 valence electrons. The van der Waals surface area contributed by atoms with Gasteiger partial charge in [-0.25, -0.2) is 0 Å². The van der Waals surface area contributed by atoms with Gasteiger partial charge in [-0.1, -0.05) is 40.5 Å². The molecule has 0 aromatic carbocycles. The zero-order valence-corrected chi connectivity index (χ0v) is 14.3. The van der Waals surface area contributed by atoms with E-state index in [1.165, 1.54) is 0 Å². The summed E-state index contributed by atoms with van der Waals surface area (Å²) in [6, 6.07) is 0. The molecular formula is C14H26O7S. The van der Waals surface area contributed by atoms with Gasteiger partial charge in [-0.05, 0) is 24.2 Å². The second-order valence-electron chi connectivity index (χ2n) is 7.11. The summed E-state index contributed by atoms with van der Waals surface area (Å²) >= 11 is 0. The van der Waals surface area contributed by atoms with Crippen molar-refractivity contribution < 1.29 is 32.8 Å². The van der Waals surface area contributed by atoms with Gasteiger partial charge in [-0.15, -0.1) is 0 Å². The molecule has 0 amide bonds. The van der Waals surface area contributed by atoms with Crippen molar-refractivity contribution in [2.24, 2.45) is 11.3 Å². The molecule has 0 aromatic rings. The third-order valence-electron chi connectivity index (χ3n) is 3.56. The van der Waals surface area contributed by atoms with E-state index >= 15 is 0 Å². The summed E-state index contributed by atoms with van der Waals surface area (Å²) in [5.41, 5.74) is 0.0907. The van der Waals surface area contributed by atoms with E-state index in [0.717, 1.165) is 6.42 Å². The van der Waals surface area contributed by atoms with Gasteiger partial charge in [0, 0.05) is 0 Å². The largest absolute Gasteiger partial charge is 0.481 e. The molecule has 0 rings (SSSR count). The number of aliphatic carboxylic acids is 2. The first-order chi connectivity index (χ1) is 9.71. The van der Waals surface area contributed by atoms with E-state index in [-0.39, 0.29) is 17.8 Å². The molecule has 0 saturated heterocycles. The second-order valence-corrected chi connectivity index (χ2v) is 8.84. The summed E-state index contributed by atoms with van der Waals surface area (Å²) in [7, 11) is -5.03. The highest BCUT2D eigenvalue weighted by Gasteiger charge is 2.51. The minimum Gasteiger partial charge on any atom is -0.481 e. The summed E-state index contributed by atoms with van der Waals surface area (Å²) in [6.45, 7) is 8.16. The number of carboxylic acids is 2. The third kappa shape index (κ3) is 6.31. The van der Waals surface area contributed by atoms with Crippen LogP contribution in [0.2, 0.25) is 0 Å². The molecule has 3 N–H and O–H groups in total. The van der Waals surface area contributed by atoms with Crippen LogP contribution in [0.1, 0.15) is 59.8 Å². The number of hydrogen-bond donors (Lipinski definition) is 3. The predicted octanol–water partition coefficient (Wildman–Crippen LogP) is 2.41. The second kappa shape index (κ2) is 7.41. The number of carbonyl (C=O) groups is 2. The highest BCUT2D eigenvalue weighted by Crippen LogP contribution is 2.32. The minimum atomic E-state index is -5.03. The molecule has 0 spiro atoms. The Hall–Kier alpha value is -1.15. The van der Waals surface area contributed by atoms with E-state index in [1.54, 1.807) is 0 Å². The first kappa shape index (κ1) is 20.9. The van der Waals surface area contributed by atoms with Gasteiger partial charge in [0.25, 0.3) is 10.1 Å². The first-order valence-corrected chi connectivity index (χ1v) is 8.57. The zero-order valence-electron chi connectivity index (χ0n) is 13.5. The quantitative estimate of drug-likeness (QED) is 0.550. The summed E-state index contributed by atoms with van der Waals surface area (Å²) in [6.07, 6.45) is 0.0483. The molecule has 7 nitrogen and oxygen atoms in total. The van der Waals surface area contributed by atoms with E-state index in [2.05, 4.69) is 20.8 Å². The Labute approximate surface area is 131 Å². The number of rotatable bonds is 9. The van der Waals surface area contributed by atoms with E-state index in [4.69, 9.17) is 10.2 Å². The van der Waals surface area contributed by atoms with Crippen LogP contribution >= 0.6 is 0 Å². The molecule has 0 bridgehead atoms. The van der Waals surface area contributed by atoms with Crippen molar-refractivity contribution >= 4 is 22.1 Å². The van der Waals surface area contributed by atoms with Gasteiger partial charge < -0.3 is 10.2 Å². The van der Waals surface area contributed by atoms with Crippen LogP contribution in [0, 0.1) is 11.3 Å². The van der Waals surface area contributed by atoms with Crippen LogP contribution in [0.3, 0.4) is 0 Å². The van der Waals surface area contributed by atoms with Gasteiger partial charge >= 0.3 is 11.9 Å². The third-order valence-corrected chi connectivity index (χ3v) is 5.07. The lowest BCUT2D eigenvalue weighted by atomic mass is 9.83. The van der Waals surface area contributed by atoms with Crippen molar-refractivity contribution in [2.45, 2.75) is 64.5 Å². The molecule has 0 heterocycles.